The Kier molecular flexibility index (Phi) is 10.1. The number of hydrogen-bond acceptors (Lipinski definition) is 9. The number of pyridine rings is 1. The number of carboxylic acid groups (broad SMARTS) is 2. The van der Waals surface area contributed by atoms with Gasteiger partial charge in [-0.25, -0.2) is 14.5 Å². The van der Waals surface area contributed by atoms with Crippen LogP contribution < -0.4 is 16.0 Å². The zero-order valence-electron chi connectivity index (χ0n) is 25.5. The maximum Gasteiger partial charge on any atom is 0.323 e. The molecule has 246 valence electrons. The van der Waals surface area contributed by atoms with Crippen LogP contribution in [0.3, 0.4) is 0 Å². The predicted octanol–water partition coefficient (Wildman–Crippen LogP) is 4.06. The summed E-state index contributed by atoms with van der Waals surface area (Å²) in [7, 11) is 0. The van der Waals surface area contributed by atoms with E-state index < -0.39 is 36.1 Å². The summed E-state index contributed by atoms with van der Waals surface area (Å²) in [6.07, 6.45) is 3.06. The van der Waals surface area contributed by atoms with Crippen LogP contribution in [0.4, 0.5) is 5.69 Å². The molecular formula is C34H30N4O10. The highest BCUT2D eigenvalue weighted by Crippen LogP contribution is 2.22. The van der Waals surface area contributed by atoms with E-state index in [1.54, 1.807) is 85.8 Å². The van der Waals surface area contributed by atoms with E-state index in [2.05, 4.69) is 20.6 Å². The number of rotatable bonds is 13. The van der Waals surface area contributed by atoms with Crippen LogP contribution in [0.2, 0.25) is 0 Å². The van der Waals surface area contributed by atoms with E-state index in [0.717, 1.165) is 0 Å². The first-order chi connectivity index (χ1) is 23.1. The summed E-state index contributed by atoms with van der Waals surface area (Å²) in [6, 6.07) is 19.9. The maximum absolute atomic E-state index is 14.1. The fraction of sp³-hybridized carbons (Fsp3) is 0.147. The molecule has 3 aromatic carbocycles. The van der Waals surface area contributed by atoms with Crippen LogP contribution in [0, 0.1) is 6.92 Å². The third-order valence-corrected chi connectivity index (χ3v) is 7.55. The zero-order chi connectivity index (χ0) is 34.4. The molecule has 0 bridgehead atoms. The summed E-state index contributed by atoms with van der Waals surface area (Å²) in [4.78, 5) is 59.9. The molecule has 0 saturated carbocycles. The Morgan fingerprint density at radius 1 is 0.792 bits per heavy atom. The summed E-state index contributed by atoms with van der Waals surface area (Å²) < 4.78 is 2.69. The summed E-state index contributed by atoms with van der Waals surface area (Å²) in [6.45, 7) is 0.605. The van der Waals surface area contributed by atoms with Crippen LogP contribution in [0.15, 0.2) is 88.1 Å². The van der Waals surface area contributed by atoms with Gasteiger partial charge in [-0.05, 0) is 77.7 Å². The highest BCUT2D eigenvalue weighted by molar-refractivity contribution is 5.84. The molecule has 0 aliphatic heterocycles. The Morgan fingerprint density at radius 3 is 1.85 bits per heavy atom. The van der Waals surface area contributed by atoms with E-state index in [9.17, 15) is 19.2 Å². The standard InChI is InChI=1S/C34H30N4O10/c1-21-28(4-2-3-22-5-11-25(12-6-22)36(17-29(39)40)18-30(41)42)33(43)37(26-13-7-23(8-14-26)19-47-45)32-31(21)34(44)38(35-32)27-15-9-24(10-16-27)20-48-46/h3-16,35,45-46H,17-20H2,1H3,(H,39,40)(H,41,42). The highest BCUT2D eigenvalue weighted by Gasteiger charge is 2.21. The van der Waals surface area contributed by atoms with Crippen LogP contribution in [0.25, 0.3) is 34.6 Å². The number of hydrogen-bond donors (Lipinski definition) is 5. The van der Waals surface area contributed by atoms with Crippen molar-refractivity contribution in [2.45, 2.75) is 20.1 Å². The number of benzene rings is 3. The molecule has 0 amide bonds. The van der Waals surface area contributed by atoms with E-state index in [-0.39, 0.29) is 29.8 Å². The molecule has 0 radical (unpaired) electrons. The van der Waals surface area contributed by atoms with Gasteiger partial charge in [0.2, 0.25) is 0 Å². The zero-order valence-corrected chi connectivity index (χ0v) is 25.5. The van der Waals surface area contributed by atoms with E-state index in [4.69, 9.17) is 20.7 Å². The second-order valence-electron chi connectivity index (χ2n) is 10.7. The molecule has 0 aliphatic carbocycles. The molecular weight excluding hydrogens is 624 g/mol. The molecule has 0 atom stereocenters. The average molecular weight is 655 g/mol. The quantitative estimate of drug-likeness (QED) is 0.0698. The highest BCUT2D eigenvalue weighted by atomic mass is 17.1. The van der Waals surface area contributed by atoms with Gasteiger partial charge < -0.3 is 15.1 Å². The molecule has 5 N–H and O–H groups in total. The van der Waals surface area contributed by atoms with E-state index in [0.29, 0.717) is 39.3 Å². The first kappa shape index (κ1) is 33.3. The summed E-state index contributed by atoms with van der Waals surface area (Å²) in [5.74, 6) is -2.34. The number of fused-ring (bicyclic) bond motifs is 1. The maximum atomic E-state index is 14.1. The van der Waals surface area contributed by atoms with Gasteiger partial charge in [-0.3, -0.25) is 39.4 Å². The van der Waals surface area contributed by atoms with E-state index in [1.807, 2.05) is 0 Å². The lowest BCUT2D eigenvalue weighted by Gasteiger charge is -2.20. The molecule has 5 rings (SSSR count). The third kappa shape index (κ3) is 7.18. The van der Waals surface area contributed by atoms with Crippen LogP contribution in [0.5, 0.6) is 0 Å². The molecule has 0 aliphatic rings. The number of aryl methyl sites for hydroxylation is 1. The van der Waals surface area contributed by atoms with Gasteiger partial charge in [-0.2, -0.15) is 0 Å². The van der Waals surface area contributed by atoms with Gasteiger partial charge in [0.05, 0.1) is 22.3 Å². The van der Waals surface area contributed by atoms with E-state index in [1.165, 1.54) is 20.2 Å². The predicted molar refractivity (Wildman–Crippen MR) is 175 cm³/mol. The van der Waals surface area contributed by atoms with Crippen LogP contribution in [0.1, 0.15) is 27.8 Å². The van der Waals surface area contributed by atoms with Gasteiger partial charge >= 0.3 is 11.9 Å². The summed E-state index contributed by atoms with van der Waals surface area (Å²) in [5, 5.41) is 39.2. The van der Waals surface area contributed by atoms with Crippen molar-refractivity contribution < 1.29 is 40.1 Å². The Labute approximate surface area is 271 Å². The molecule has 0 fully saturated rings. The van der Waals surface area contributed by atoms with Crippen LogP contribution in [-0.4, -0.2) is 60.1 Å². The molecule has 2 aromatic heterocycles. The Balaban J connectivity index is 1.61. The van der Waals surface area contributed by atoms with Crippen molar-refractivity contribution in [3.63, 3.8) is 0 Å². The molecule has 14 heteroatoms. The molecule has 5 aromatic rings. The van der Waals surface area contributed by atoms with Crippen molar-refractivity contribution in [3.05, 3.63) is 127 Å². The number of nitrogens with one attached hydrogen (secondary N) is 1. The van der Waals surface area contributed by atoms with Crippen LogP contribution >= 0.6 is 0 Å². The number of carboxylic acids is 2. The number of H-pyrrole nitrogens is 1. The van der Waals surface area contributed by atoms with Crippen LogP contribution in [-0.2, 0) is 32.6 Å². The van der Waals surface area contributed by atoms with Gasteiger partial charge in [0.25, 0.3) is 11.1 Å². The van der Waals surface area contributed by atoms with Gasteiger partial charge in [0, 0.05) is 5.69 Å². The number of carbonyl (C=O) groups is 2. The molecule has 48 heavy (non-hydrogen) atoms. The molecule has 0 unspecified atom stereocenters. The lowest BCUT2D eigenvalue weighted by molar-refractivity contribution is -0.253. The summed E-state index contributed by atoms with van der Waals surface area (Å²) >= 11 is 0. The van der Waals surface area contributed by atoms with Crippen molar-refractivity contribution in [1.82, 2.24) is 14.3 Å². The van der Waals surface area contributed by atoms with Crippen molar-refractivity contribution in [1.29, 1.82) is 0 Å². The van der Waals surface area contributed by atoms with Crippen molar-refractivity contribution in [3.8, 4) is 11.4 Å². The minimum atomic E-state index is -1.17. The lowest BCUT2D eigenvalue weighted by atomic mass is 10.1. The summed E-state index contributed by atoms with van der Waals surface area (Å²) in [5.41, 5.74) is 6.31. The van der Waals surface area contributed by atoms with Gasteiger partial charge in [-0.1, -0.05) is 36.4 Å². The first-order valence-electron chi connectivity index (χ1n) is 14.4. The molecule has 0 spiro atoms. The number of anilines is 1. The van der Waals surface area contributed by atoms with Crippen molar-refractivity contribution in [2.24, 2.45) is 0 Å². The molecule has 2 heterocycles. The van der Waals surface area contributed by atoms with E-state index >= 15 is 0 Å². The Hall–Kier alpha value is -6.02. The SMILES string of the molecule is Cc1c(C=C=Cc2ccc(N(CC(=O)O)CC(=O)O)cc2)c(=O)n(-c2ccc(COO)cc2)c2[nH]n(-c3ccc(COO)cc3)c(=O)c12. The number of nitrogens with zero attached hydrogens (tertiary/aromatic N) is 3. The molecule has 14 nitrogen and oxygen atoms in total. The second-order valence-corrected chi connectivity index (χ2v) is 10.7. The fourth-order valence-corrected chi connectivity index (χ4v) is 5.24. The Bertz CT molecular complexity index is 2120. The smallest absolute Gasteiger partial charge is 0.323 e. The largest absolute Gasteiger partial charge is 0.480 e. The van der Waals surface area contributed by atoms with Gasteiger partial charge in [0.1, 0.15) is 32.0 Å². The number of aliphatic carboxylic acids is 2. The molecule has 0 saturated heterocycles. The Morgan fingerprint density at radius 2 is 1.33 bits per heavy atom. The fourth-order valence-electron chi connectivity index (χ4n) is 5.24. The third-order valence-electron chi connectivity index (χ3n) is 7.55. The van der Waals surface area contributed by atoms with Gasteiger partial charge in [-0.15, -0.1) is 5.73 Å². The topological polar surface area (TPSA) is 197 Å². The lowest BCUT2D eigenvalue weighted by Crippen LogP contribution is -2.34. The van der Waals surface area contributed by atoms with Crippen molar-refractivity contribution >= 4 is 40.8 Å². The minimum absolute atomic E-state index is 0.0287. The normalized spacial score (nSPS) is 10.9. The monoisotopic (exact) mass is 654 g/mol. The minimum Gasteiger partial charge on any atom is -0.480 e. The number of aromatic amines is 1. The first-order valence-corrected chi connectivity index (χ1v) is 14.4. The number of aromatic nitrogens is 3. The average Bonchev–Trinajstić information content (AvgIpc) is 3.40. The van der Waals surface area contributed by atoms with Crippen molar-refractivity contribution in [2.75, 3.05) is 18.0 Å². The van der Waals surface area contributed by atoms with Gasteiger partial charge in [0.15, 0.2) is 0 Å². The second kappa shape index (κ2) is 14.6.